The number of nitrogens with two attached hydrogens (primary N) is 1. The van der Waals surface area contributed by atoms with Gasteiger partial charge < -0.3 is 10.6 Å². The van der Waals surface area contributed by atoms with E-state index in [0.717, 1.165) is 30.3 Å². The minimum absolute atomic E-state index is 0.321. The van der Waals surface area contributed by atoms with Crippen LogP contribution in [-0.4, -0.2) is 16.5 Å². The average Bonchev–Trinajstić information content (AvgIpc) is 2.97. The Bertz CT molecular complexity index is 537. The van der Waals surface area contributed by atoms with E-state index in [9.17, 15) is 0 Å². The second-order valence-corrected chi connectivity index (χ2v) is 6.04. The molecule has 0 amide bonds. The van der Waals surface area contributed by atoms with Crippen molar-refractivity contribution in [2.24, 2.45) is 5.73 Å². The molecule has 2 rings (SSSR count). The van der Waals surface area contributed by atoms with Gasteiger partial charge in [-0.3, -0.25) is 0 Å². The predicted molar refractivity (Wildman–Crippen MR) is 85.1 cm³/mol. The summed E-state index contributed by atoms with van der Waals surface area (Å²) in [5, 5.41) is 2.10. The lowest BCUT2D eigenvalue weighted by Gasteiger charge is -2.24. The Balaban J connectivity index is 2.29. The van der Waals surface area contributed by atoms with Crippen molar-refractivity contribution >= 4 is 17.0 Å². The standard InChI is InChI=1S/C15H22N4S/c1-4-19(10-12-6-5-7-20-12)14-9-17-15(11(2)3)18-13(14)8-16/h5-7,9,11H,4,8,10,16H2,1-3H3. The van der Waals surface area contributed by atoms with Gasteiger partial charge in [-0.05, 0) is 18.4 Å². The third kappa shape index (κ3) is 3.35. The summed E-state index contributed by atoms with van der Waals surface area (Å²) >= 11 is 1.77. The van der Waals surface area contributed by atoms with Crippen LogP contribution in [0.5, 0.6) is 0 Å². The van der Waals surface area contributed by atoms with E-state index >= 15 is 0 Å². The molecule has 0 fully saturated rings. The fourth-order valence-corrected chi connectivity index (χ4v) is 2.80. The van der Waals surface area contributed by atoms with Crippen LogP contribution in [0.3, 0.4) is 0 Å². The lowest BCUT2D eigenvalue weighted by atomic mass is 10.2. The maximum absolute atomic E-state index is 5.87. The molecule has 2 aromatic heterocycles. The van der Waals surface area contributed by atoms with Crippen molar-refractivity contribution in [3.63, 3.8) is 0 Å². The van der Waals surface area contributed by atoms with Crippen LogP contribution in [0.1, 0.15) is 43.1 Å². The number of thiophene rings is 1. The predicted octanol–water partition coefficient (Wildman–Crippen LogP) is 3.15. The zero-order valence-electron chi connectivity index (χ0n) is 12.3. The van der Waals surface area contributed by atoms with Crippen molar-refractivity contribution in [1.82, 2.24) is 9.97 Å². The number of hydrogen-bond acceptors (Lipinski definition) is 5. The van der Waals surface area contributed by atoms with Crippen molar-refractivity contribution in [1.29, 1.82) is 0 Å². The molecule has 108 valence electrons. The van der Waals surface area contributed by atoms with Gasteiger partial charge >= 0.3 is 0 Å². The van der Waals surface area contributed by atoms with Gasteiger partial charge in [-0.25, -0.2) is 9.97 Å². The van der Waals surface area contributed by atoms with Crippen molar-refractivity contribution in [3.8, 4) is 0 Å². The van der Waals surface area contributed by atoms with Gasteiger partial charge in [0.05, 0.1) is 24.1 Å². The average molecular weight is 290 g/mol. The third-order valence-corrected chi connectivity index (χ3v) is 4.08. The SMILES string of the molecule is CCN(Cc1cccs1)c1cnc(C(C)C)nc1CN. The molecule has 0 aliphatic carbocycles. The highest BCUT2D eigenvalue weighted by molar-refractivity contribution is 7.09. The van der Waals surface area contributed by atoms with E-state index in [0.29, 0.717) is 12.5 Å². The van der Waals surface area contributed by atoms with Gasteiger partial charge in [0.1, 0.15) is 5.82 Å². The molecular weight excluding hydrogens is 268 g/mol. The first-order chi connectivity index (χ1) is 9.65. The summed E-state index contributed by atoms with van der Waals surface area (Å²) < 4.78 is 0. The Morgan fingerprint density at radius 3 is 2.75 bits per heavy atom. The Morgan fingerprint density at radius 2 is 2.20 bits per heavy atom. The summed E-state index contributed by atoms with van der Waals surface area (Å²) in [4.78, 5) is 12.7. The highest BCUT2D eigenvalue weighted by Crippen LogP contribution is 2.23. The zero-order valence-corrected chi connectivity index (χ0v) is 13.2. The number of anilines is 1. The Kier molecular flexibility index (Phi) is 5.09. The number of hydrogen-bond donors (Lipinski definition) is 1. The summed E-state index contributed by atoms with van der Waals surface area (Å²) in [6.45, 7) is 8.57. The lowest BCUT2D eigenvalue weighted by Crippen LogP contribution is -2.24. The quantitative estimate of drug-likeness (QED) is 0.888. The smallest absolute Gasteiger partial charge is 0.131 e. The lowest BCUT2D eigenvalue weighted by molar-refractivity contribution is 0.741. The number of rotatable bonds is 6. The van der Waals surface area contributed by atoms with Crippen molar-refractivity contribution in [2.45, 2.75) is 39.8 Å². The van der Waals surface area contributed by atoms with E-state index in [1.807, 2.05) is 6.20 Å². The van der Waals surface area contributed by atoms with E-state index in [1.165, 1.54) is 4.88 Å². The molecule has 0 bridgehead atoms. The number of aromatic nitrogens is 2. The van der Waals surface area contributed by atoms with Crippen LogP contribution in [-0.2, 0) is 13.1 Å². The molecule has 0 aromatic carbocycles. The molecule has 0 saturated carbocycles. The number of nitrogens with zero attached hydrogens (tertiary/aromatic N) is 3. The van der Waals surface area contributed by atoms with Gasteiger partial charge in [-0.1, -0.05) is 19.9 Å². The molecule has 4 nitrogen and oxygen atoms in total. The second kappa shape index (κ2) is 6.81. The van der Waals surface area contributed by atoms with Gasteiger partial charge in [0.2, 0.25) is 0 Å². The normalized spacial score (nSPS) is 11.1. The van der Waals surface area contributed by atoms with E-state index < -0.39 is 0 Å². The molecule has 0 saturated heterocycles. The van der Waals surface area contributed by atoms with E-state index in [1.54, 1.807) is 11.3 Å². The highest BCUT2D eigenvalue weighted by atomic mass is 32.1. The first-order valence-electron chi connectivity index (χ1n) is 6.98. The van der Waals surface area contributed by atoms with Crippen molar-refractivity contribution in [3.05, 3.63) is 40.1 Å². The van der Waals surface area contributed by atoms with Crippen LogP contribution in [0.4, 0.5) is 5.69 Å². The molecule has 0 aliphatic rings. The van der Waals surface area contributed by atoms with Gasteiger partial charge in [-0.15, -0.1) is 11.3 Å². The summed E-state index contributed by atoms with van der Waals surface area (Å²) in [5.74, 6) is 1.18. The van der Waals surface area contributed by atoms with Crippen LogP contribution in [0, 0.1) is 0 Å². The third-order valence-electron chi connectivity index (χ3n) is 3.22. The Hall–Kier alpha value is -1.46. The molecule has 20 heavy (non-hydrogen) atoms. The summed E-state index contributed by atoms with van der Waals surface area (Å²) in [6, 6.07) is 4.23. The fourth-order valence-electron chi connectivity index (χ4n) is 2.08. The molecule has 2 aromatic rings. The van der Waals surface area contributed by atoms with Crippen LogP contribution in [0.25, 0.3) is 0 Å². The molecule has 0 spiro atoms. The van der Waals surface area contributed by atoms with Crippen LogP contribution < -0.4 is 10.6 Å². The molecule has 0 radical (unpaired) electrons. The van der Waals surface area contributed by atoms with Gasteiger partial charge in [0.15, 0.2) is 0 Å². The largest absolute Gasteiger partial charge is 0.364 e. The van der Waals surface area contributed by atoms with Gasteiger partial charge in [0.25, 0.3) is 0 Å². The maximum atomic E-state index is 5.87. The summed E-state index contributed by atoms with van der Waals surface area (Å²) in [6.07, 6.45) is 1.92. The summed E-state index contributed by atoms with van der Waals surface area (Å²) in [7, 11) is 0. The Labute approximate surface area is 124 Å². The van der Waals surface area contributed by atoms with Crippen LogP contribution in [0.2, 0.25) is 0 Å². The monoisotopic (exact) mass is 290 g/mol. The van der Waals surface area contributed by atoms with Crippen LogP contribution in [0.15, 0.2) is 23.7 Å². The fraction of sp³-hybridized carbons (Fsp3) is 0.467. The van der Waals surface area contributed by atoms with E-state index in [-0.39, 0.29) is 0 Å². The second-order valence-electron chi connectivity index (χ2n) is 5.01. The first-order valence-corrected chi connectivity index (χ1v) is 7.86. The molecule has 5 heteroatoms. The summed E-state index contributed by atoms with van der Waals surface area (Å²) in [5.41, 5.74) is 7.85. The van der Waals surface area contributed by atoms with E-state index in [2.05, 4.69) is 53.2 Å². The topological polar surface area (TPSA) is 55.0 Å². The van der Waals surface area contributed by atoms with Crippen LogP contribution >= 0.6 is 11.3 Å². The van der Waals surface area contributed by atoms with E-state index in [4.69, 9.17) is 5.73 Å². The molecule has 0 atom stereocenters. The molecule has 2 heterocycles. The molecule has 2 N–H and O–H groups in total. The minimum Gasteiger partial charge on any atom is -0.364 e. The van der Waals surface area contributed by atoms with Crippen molar-refractivity contribution < 1.29 is 0 Å². The first kappa shape index (κ1) is 14.9. The molecule has 0 unspecified atom stereocenters. The zero-order chi connectivity index (χ0) is 14.5. The maximum Gasteiger partial charge on any atom is 0.131 e. The molecular formula is C15H22N4S. The Morgan fingerprint density at radius 1 is 1.40 bits per heavy atom. The van der Waals surface area contributed by atoms with Gasteiger partial charge in [0, 0.05) is 23.9 Å². The highest BCUT2D eigenvalue weighted by Gasteiger charge is 2.14. The van der Waals surface area contributed by atoms with Gasteiger partial charge in [-0.2, -0.15) is 0 Å². The van der Waals surface area contributed by atoms with Crippen molar-refractivity contribution in [2.75, 3.05) is 11.4 Å². The minimum atomic E-state index is 0.321. The molecule has 0 aliphatic heterocycles.